The van der Waals surface area contributed by atoms with Crippen molar-refractivity contribution < 1.29 is 27.4 Å². The number of anilines is 3. The molecule has 0 saturated carbocycles. The van der Waals surface area contributed by atoms with E-state index in [0.29, 0.717) is 44.5 Å². The van der Waals surface area contributed by atoms with Gasteiger partial charge in [0, 0.05) is 45.4 Å². The first-order valence-corrected chi connectivity index (χ1v) is 12.2. The highest BCUT2D eigenvalue weighted by Gasteiger charge is 2.54. The van der Waals surface area contributed by atoms with Crippen LogP contribution in [0.1, 0.15) is 29.8 Å². The lowest BCUT2D eigenvalue weighted by atomic mass is 9.89. The van der Waals surface area contributed by atoms with E-state index in [1.807, 2.05) is 16.8 Å². The van der Waals surface area contributed by atoms with Crippen LogP contribution < -0.4 is 19.9 Å². The number of aromatic nitrogens is 4. The predicted molar refractivity (Wildman–Crippen MR) is 130 cm³/mol. The van der Waals surface area contributed by atoms with Gasteiger partial charge < -0.3 is 24.6 Å². The highest BCUT2D eigenvalue weighted by Crippen LogP contribution is 2.45. The summed E-state index contributed by atoms with van der Waals surface area (Å²) in [5.74, 6) is 1.59. The Morgan fingerprint density at radius 3 is 2.71 bits per heavy atom. The number of nitrogens with one attached hydrogen (secondary N) is 1. The molecule has 1 fully saturated rings. The zero-order valence-electron chi connectivity index (χ0n) is 20.5. The number of aryl methyl sites for hydroxylation is 1. The number of pyridine rings is 2. The summed E-state index contributed by atoms with van der Waals surface area (Å²) < 4.78 is 49.2. The standard InChI is InChI=1S/C25H24F3N7O3/c1-34-21-20-17(3-2-9-35(20)22(36)24(34)8-10-37-14-24)32-23(33-21)31-12-15-4-7-19(30-11-15)38-16-5-6-18(29-13-16)25(26,27)28/h4-7,11,13H,2-3,8-10,12,14H2,1H3,(H,31,32,33)/t24-/m0/s1. The average molecular weight is 528 g/mol. The Hall–Kier alpha value is -4.00. The zero-order valence-corrected chi connectivity index (χ0v) is 20.5. The van der Waals surface area contributed by atoms with Crippen molar-refractivity contribution in [2.45, 2.75) is 37.5 Å². The van der Waals surface area contributed by atoms with Crippen molar-refractivity contribution in [1.82, 2.24) is 19.9 Å². The van der Waals surface area contributed by atoms with Gasteiger partial charge in [-0.2, -0.15) is 18.2 Å². The lowest BCUT2D eigenvalue weighted by Gasteiger charge is -2.47. The van der Waals surface area contributed by atoms with Crippen LogP contribution in [0.25, 0.3) is 0 Å². The van der Waals surface area contributed by atoms with Crippen molar-refractivity contribution in [2.75, 3.05) is 41.9 Å². The molecule has 6 rings (SSSR count). The van der Waals surface area contributed by atoms with E-state index in [4.69, 9.17) is 19.4 Å². The largest absolute Gasteiger partial charge is 0.437 e. The van der Waals surface area contributed by atoms with Crippen LogP contribution in [0.5, 0.6) is 11.6 Å². The Morgan fingerprint density at radius 1 is 1.16 bits per heavy atom. The van der Waals surface area contributed by atoms with E-state index in [9.17, 15) is 18.0 Å². The number of amides is 1. The molecule has 0 aromatic carbocycles. The number of carbonyl (C=O) groups is 1. The normalized spacial score (nSPS) is 20.6. The molecule has 0 unspecified atom stereocenters. The van der Waals surface area contributed by atoms with Gasteiger partial charge in [0.1, 0.15) is 22.7 Å². The van der Waals surface area contributed by atoms with Gasteiger partial charge in [-0.1, -0.05) is 6.07 Å². The third-order valence-electron chi connectivity index (χ3n) is 7.10. The van der Waals surface area contributed by atoms with E-state index in [1.54, 1.807) is 18.3 Å². The second-order valence-electron chi connectivity index (χ2n) is 9.46. The minimum absolute atomic E-state index is 0.0516. The van der Waals surface area contributed by atoms with Crippen molar-refractivity contribution in [3.8, 4) is 11.6 Å². The first-order valence-electron chi connectivity index (χ1n) is 12.2. The van der Waals surface area contributed by atoms with Gasteiger partial charge in [-0.3, -0.25) is 4.79 Å². The first kappa shape index (κ1) is 24.3. The van der Waals surface area contributed by atoms with Gasteiger partial charge in [0.2, 0.25) is 11.8 Å². The molecular formula is C25H24F3N7O3. The van der Waals surface area contributed by atoms with Crippen molar-refractivity contribution >= 4 is 23.4 Å². The molecule has 1 spiro atoms. The summed E-state index contributed by atoms with van der Waals surface area (Å²) in [6.45, 7) is 1.90. The summed E-state index contributed by atoms with van der Waals surface area (Å²) in [5, 5.41) is 3.24. The van der Waals surface area contributed by atoms with Crippen molar-refractivity contribution in [3.05, 3.63) is 53.6 Å². The lowest BCUT2D eigenvalue weighted by Crippen LogP contribution is -2.64. The van der Waals surface area contributed by atoms with Gasteiger partial charge >= 0.3 is 6.18 Å². The molecule has 13 heteroatoms. The molecule has 3 aromatic rings. The molecule has 0 bridgehead atoms. The van der Waals surface area contributed by atoms with Crippen LogP contribution in [0.3, 0.4) is 0 Å². The van der Waals surface area contributed by atoms with Crippen LogP contribution in [0.2, 0.25) is 0 Å². The smallest absolute Gasteiger partial charge is 0.433 e. The molecule has 3 aromatic heterocycles. The maximum atomic E-state index is 13.4. The molecule has 1 saturated heterocycles. The molecule has 10 nitrogen and oxygen atoms in total. The van der Waals surface area contributed by atoms with Gasteiger partial charge in [0.15, 0.2) is 5.82 Å². The Kier molecular flexibility index (Phi) is 5.82. The molecule has 38 heavy (non-hydrogen) atoms. The summed E-state index contributed by atoms with van der Waals surface area (Å²) >= 11 is 0. The molecular weight excluding hydrogens is 503 g/mol. The molecule has 1 amide bonds. The molecule has 3 aliphatic rings. The summed E-state index contributed by atoms with van der Waals surface area (Å²) in [5.41, 5.74) is 0.714. The second-order valence-corrected chi connectivity index (χ2v) is 9.46. The maximum Gasteiger partial charge on any atom is 0.433 e. The van der Waals surface area contributed by atoms with Gasteiger partial charge in [-0.25, -0.2) is 15.0 Å². The molecule has 6 heterocycles. The summed E-state index contributed by atoms with van der Waals surface area (Å²) in [4.78, 5) is 34.2. The Balaban J connectivity index is 1.16. The topological polar surface area (TPSA) is 106 Å². The summed E-state index contributed by atoms with van der Waals surface area (Å²) in [6.07, 6.45) is 0.293. The molecule has 1 N–H and O–H groups in total. The third kappa shape index (κ3) is 4.16. The predicted octanol–water partition coefficient (Wildman–Crippen LogP) is 3.58. The number of hydrogen-bond donors (Lipinski definition) is 1. The number of alkyl halides is 3. The van der Waals surface area contributed by atoms with E-state index in [2.05, 4.69) is 15.3 Å². The first-order chi connectivity index (χ1) is 18.2. The zero-order chi connectivity index (χ0) is 26.5. The number of carbonyl (C=O) groups excluding carboxylic acids is 1. The van der Waals surface area contributed by atoms with Crippen LogP contribution in [0.4, 0.5) is 30.6 Å². The molecule has 3 aliphatic heterocycles. The van der Waals surface area contributed by atoms with E-state index >= 15 is 0 Å². The van der Waals surface area contributed by atoms with Crippen LogP contribution in [0, 0.1) is 0 Å². The van der Waals surface area contributed by atoms with Crippen molar-refractivity contribution in [1.29, 1.82) is 0 Å². The number of rotatable bonds is 5. The molecule has 0 aliphatic carbocycles. The van der Waals surface area contributed by atoms with Crippen LogP contribution in [-0.4, -0.2) is 58.2 Å². The number of likely N-dealkylation sites (N-methyl/N-ethyl adjacent to an activating group) is 1. The van der Waals surface area contributed by atoms with Crippen LogP contribution in [0.15, 0.2) is 36.7 Å². The number of ether oxygens (including phenoxy) is 2. The van der Waals surface area contributed by atoms with Gasteiger partial charge in [0.25, 0.3) is 5.91 Å². The van der Waals surface area contributed by atoms with Gasteiger partial charge in [-0.05, 0) is 30.5 Å². The monoisotopic (exact) mass is 527 g/mol. The maximum absolute atomic E-state index is 13.4. The van der Waals surface area contributed by atoms with E-state index in [0.717, 1.165) is 42.0 Å². The van der Waals surface area contributed by atoms with Crippen LogP contribution in [-0.2, 0) is 28.7 Å². The van der Waals surface area contributed by atoms with E-state index in [-0.39, 0.29) is 17.5 Å². The van der Waals surface area contributed by atoms with Crippen LogP contribution >= 0.6 is 0 Å². The molecule has 0 radical (unpaired) electrons. The second kappa shape index (κ2) is 9.08. The fourth-order valence-electron chi connectivity index (χ4n) is 5.04. The van der Waals surface area contributed by atoms with Crippen molar-refractivity contribution in [3.63, 3.8) is 0 Å². The lowest BCUT2D eigenvalue weighted by molar-refractivity contribution is -0.141. The minimum atomic E-state index is -4.51. The fraction of sp³-hybridized carbons (Fsp3) is 0.400. The van der Waals surface area contributed by atoms with E-state index in [1.165, 1.54) is 6.07 Å². The minimum Gasteiger partial charge on any atom is -0.437 e. The Morgan fingerprint density at radius 2 is 2.03 bits per heavy atom. The third-order valence-corrected chi connectivity index (χ3v) is 7.10. The van der Waals surface area contributed by atoms with E-state index < -0.39 is 17.4 Å². The van der Waals surface area contributed by atoms with Crippen molar-refractivity contribution in [2.24, 2.45) is 0 Å². The fourth-order valence-corrected chi connectivity index (χ4v) is 5.04. The van der Waals surface area contributed by atoms with Gasteiger partial charge in [-0.15, -0.1) is 0 Å². The molecule has 1 atom stereocenters. The Bertz CT molecular complexity index is 1360. The number of halogens is 3. The highest BCUT2D eigenvalue weighted by atomic mass is 19.4. The average Bonchev–Trinajstić information content (AvgIpc) is 3.41. The van der Waals surface area contributed by atoms with Gasteiger partial charge in [0.05, 0.1) is 18.5 Å². The summed E-state index contributed by atoms with van der Waals surface area (Å²) in [6, 6.07) is 5.45. The Labute approximate surface area is 215 Å². The number of nitrogens with zero attached hydrogens (tertiary/aromatic N) is 6. The highest BCUT2D eigenvalue weighted by molar-refractivity contribution is 6.09. The summed E-state index contributed by atoms with van der Waals surface area (Å²) in [7, 11) is 1.89. The quantitative estimate of drug-likeness (QED) is 0.533. The molecule has 198 valence electrons. The SMILES string of the molecule is CN1c2nc(NCc3ccc(Oc4ccc(C(F)(F)F)nc4)nc3)nc3c2N(CCC3)C(=O)[C@@]12CCOC2. The number of hydrogen-bond acceptors (Lipinski definition) is 9.